The molecule has 3 rings (SSSR count). The van der Waals surface area contributed by atoms with Gasteiger partial charge in [0.1, 0.15) is 6.33 Å². The minimum absolute atomic E-state index is 0.0000926. The lowest BCUT2D eigenvalue weighted by Crippen LogP contribution is -2.24. The van der Waals surface area contributed by atoms with Gasteiger partial charge in [-0.1, -0.05) is 11.6 Å². The molecule has 0 N–H and O–H groups in total. The van der Waals surface area contributed by atoms with Gasteiger partial charge in [-0.15, -0.1) is 11.3 Å². The van der Waals surface area contributed by atoms with Gasteiger partial charge in [-0.25, -0.2) is 9.97 Å². The number of rotatable bonds is 1. The lowest BCUT2D eigenvalue weighted by atomic mass is 10.3. The standard InChI is InChI=1S/C11H8ClN3OS/c12-10-2-1-9(17-10)11(16)15-4-7-3-13-6-14-8(7)5-15/h1-3,6H,4-5H2. The van der Waals surface area contributed by atoms with E-state index in [1.54, 1.807) is 23.2 Å². The molecular formula is C11H8ClN3OS. The van der Waals surface area contributed by atoms with E-state index in [1.807, 2.05) is 0 Å². The van der Waals surface area contributed by atoms with Crippen LogP contribution in [0.1, 0.15) is 20.9 Å². The van der Waals surface area contributed by atoms with Gasteiger partial charge in [-0.05, 0) is 12.1 Å². The number of nitrogens with zero attached hydrogens (tertiary/aromatic N) is 3. The third-order valence-electron chi connectivity index (χ3n) is 2.65. The summed E-state index contributed by atoms with van der Waals surface area (Å²) >= 11 is 7.13. The highest BCUT2D eigenvalue weighted by molar-refractivity contribution is 7.17. The van der Waals surface area contributed by atoms with Crippen LogP contribution in [0.15, 0.2) is 24.7 Å². The second-order valence-electron chi connectivity index (χ2n) is 3.76. The number of hydrogen-bond acceptors (Lipinski definition) is 4. The molecular weight excluding hydrogens is 258 g/mol. The molecule has 0 aromatic carbocycles. The molecule has 0 unspecified atom stereocenters. The summed E-state index contributed by atoms with van der Waals surface area (Å²) in [7, 11) is 0. The summed E-state index contributed by atoms with van der Waals surface area (Å²) in [4.78, 5) is 22.7. The van der Waals surface area contributed by atoms with Gasteiger partial charge in [0.05, 0.1) is 21.5 Å². The Morgan fingerprint density at radius 2 is 2.29 bits per heavy atom. The van der Waals surface area contributed by atoms with Crippen molar-refractivity contribution >= 4 is 28.8 Å². The average Bonchev–Trinajstić information content (AvgIpc) is 2.93. The summed E-state index contributed by atoms with van der Waals surface area (Å²) in [5.41, 5.74) is 1.94. The van der Waals surface area contributed by atoms with Gasteiger partial charge in [0.2, 0.25) is 0 Å². The van der Waals surface area contributed by atoms with Gasteiger partial charge < -0.3 is 4.90 Å². The first-order valence-electron chi connectivity index (χ1n) is 5.06. The summed E-state index contributed by atoms with van der Waals surface area (Å²) in [6.07, 6.45) is 3.27. The van der Waals surface area contributed by atoms with Crippen molar-refractivity contribution in [3.8, 4) is 0 Å². The highest BCUT2D eigenvalue weighted by Crippen LogP contribution is 2.26. The SMILES string of the molecule is O=C(c1ccc(Cl)s1)N1Cc2cncnc2C1. The summed E-state index contributed by atoms with van der Waals surface area (Å²) in [5, 5.41) is 0. The Morgan fingerprint density at radius 3 is 3.00 bits per heavy atom. The van der Waals surface area contributed by atoms with Crippen molar-refractivity contribution in [2.75, 3.05) is 0 Å². The monoisotopic (exact) mass is 265 g/mol. The van der Waals surface area contributed by atoms with Crippen molar-refractivity contribution in [2.24, 2.45) is 0 Å². The van der Waals surface area contributed by atoms with Crippen LogP contribution < -0.4 is 0 Å². The van der Waals surface area contributed by atoms with Crippen LogP contribution in [0.25, 0.3) is 0 Å². The molecule has 1 aliphatic rings. The normalized spacial score (nSPS) is 13.8. The van der Waals surface area contributed by atoms with E-state index in [1.165, 1.54) is 17.7 Å². The van der Waals surface area contributed by atoms with E-state index >= 15 is 0 Å². The predicted molar refractivity (Wildman–Crippen MR) is 64.9 cm³/mol. The minimum atomic E-state index is -0.0000926. The molecule has 0 aliphatic carbocycles. The summed E-state index contributed by atoms with van der Waals surface area (Å²) in [6, 6.07) is 3.49. The van der Waals surface area contributed by atoms with Crippen molar-refractivity contribution in [2.45, 2.75) is 13.1 Å². The van der Waals surface area contributed by atoms with Crippen LogP contribution in [0.5, 0.6) is 0 Å². The fraction of sp³-hybridized carbons (Fsp3) is 0.182. The Kier molecular flexibility index (Phi) is 2.57. The zero-order chi connectivity index (χ0) is 11.8. The highest BCUT2D eigenvalue weighted by Gasteiger charge is 2.26. The first-order valence-corrected chi connectivity index (χ1v) is 6.26. The quantitative estimate of drug-likeness (QED) is 0.795. The van der Waals surface area contributed by atoms with Crippen LogP contribution in [0.2, 0.25) is 4.34 Å². The molecule has 1 aliphatic heterocycles. The minimum Gasteiger partial charge on any atom is -0.328 e. The Morgan fingerprint density at radius 1 is 1.41 bits per heavy atom. The lowest BCUT2D eigenvalue weighted by Gasteiger charge is -2.13. The van der Waals surface area contributed by atoms with Crippen LogP contribution in [0, 0.1) is 0 Å². The molecule has 1 amide bonds. The maximum Gasteiger partial charge on any atom is 0.264 e. The molecule has 6 heteroatoms. The lowest BCUT2D eigenvalue weighted by molar-refractivity contribution is 0.0755. The third kappa shape index (κ3) is 1.92. The molecule has 0 saturated carbocycles. The van der Waals surface area contributed by atoms with Crippen molar-refractivity contribution in [3.05, 3.63) is 45.1 Å². The number of thiophene rings is 1. The topological polar surface area (TPSA) is 46.1 Å². The van der Waals surface area contributed by atoms with Crippen LogP contribution in [0.3, 0.4) is 0 Å². The molecule has 2 aromatic heterocycles. The molecule has 0 atom stereocenters. The number of amides is 1. The number of aromatic nitrogens is 2. The molecule has 0 saturated heterocycles. The van der Waals surface area contributed by atoms with Crippen LogP contribution in [0.4, 0.5) is 0 Å². The number of carbonyl (C=O) groups is 1. The molecule has 0 fully saturated rings. The van der Waals surface area contributed by atoms with Gasteiger partial charge in [0, 0.05) is 18.3 Å². The van der Waals surface area contributed by atoms with Crippen LogP contribution >= 0.6 is 22.9 Å². The largest absolute Gasteiger partial charge is 0.328 e. The van der Waals surface area contributed by atoms with E-state index in [9.17, 15) is 4.79 Å². The highest BCUT2D eigenvalue weighted by atomic mass is 35.5. The van der Waals surface area contributed by atoms with Crippen molar-refractivity contribution in [1.29, 1.82) is 0 Å². The first-order chi connectivity index (χ1) is 8.24. The molecule has 3 heterocycles. The zero-order valence-electron chi connectivity index (χ0n) is 8.76. The first kappa shape index (κ1) is 10.7. The maximum atomic E-state index is 12.2. The molecule has 17 heavy (non-hydrogen) atoms. The Labute approximate surface area is 107 Å². The number of hydrogen-bond donors (Lipinski definition) is 0. The van der Waals surface area contributed by atoms with Crippen LogP contribution in [-0.4, -0.2) is 20.8 Å². The summed E-state index contributed by atoms with van der Waals surface area (Å²) < 4.78 is 0.629. The summed E-state index contributed by atoms with van der Waals surface area (Å²) in [6.45, 7) is 1.12. The van der Waals surface area contributed by atoms with Gasteiger partial charge in [-0.3, -0.25) is 4.79 Å². The third-order valence-corrected chi connectivity index (χ3v) is 3.87. The predicted octanol–water partition coefficient (Wildman–Crippen LogP) is 2.35. The Hall–Kier alpha value is -1.46. The second kappa shape index (κ2) is 4.09. The fourth-order valence-corrected chi connectivity index (χ4v) is 2.84. The van der Waals surface area contributed by atoms with E-state index in [2.05, 4.69) is 9.97 Å². The molecule has 0 spiro atoms. The van der Waals surface area contributed by atoms with E-state index in [-0.39, 0.29) is 5.91 Å². The van der Waals surface area contributed by atoms with Crippen molar-refractivity contribution in [3.63, 3.8) is 0 Å². The van der Waals surface area contributed by atoms with Gasteiger partial charge in [-0.2, -0.15) is 0 Å². The number of halogens is 1. The van der Waals surface area contributed by atoms with Crippen LogP contribution in [-0.2, 0) is 13.1 Å². The average molecular weight is 266 g/mol. The Balaban J connectivity index is 1.83. The molecule has 2 aromatic rings. The van der Waals surface area contributed by atoms with E-state index < -0.39 is 0 Å². The van der Waals surface area contributed by atoms with Gasteiger partial charge in [0.15, 0.2) is 0 Å². The summed E-state index contributed by atoms with van der Waals surface area (Å²) in [5.74, 6) is -0.0000926. The number of fused-ring (bicyclic) bond motifs is 1. The zero-order valence-corrected chi connectivity index (χ0v) is 10.3. The Bertz CT molecular complexity index is 559. The van der Waals surface area contributed by atoms with E-state index in [0.29, 0.717) is 22.3 Å². The van der Waals surface area contributed by atoms with Crippen molar-refractivity contribution in [1.82, 2.24) is 14.9 Å². The molecule has 0 bridgehead atoms. The molecule has 0 radical (unpaired) electrons. The van der Waals surface area contributed by atoms with Crippen molar-refractivity contribution < 1.29 is 4.79 Å². The number of carbonyl (C=O) groups excluding carboxylic acids is 1. The smallest absolute Gasteiger partial charge is 0.264 e. The van der Waals surface area contributed by atoms with E-state index in [4.69, 9.17) is 11.6 Å². The molecule has 86 valence electrons. The van der Waals surface area contributed by atoms with E-state index in [0.717, 1.165) is 11.3 Å². The maximum absolute atomic E-state index is 12.2. The molecule has 4 nitrogen and oxygen atoms in total. The van der Waals surface area contributed by atoms with Gasteiger partial charge >= 0.3 is 0 Å². The second-order valence-corrected chi connectivity index (χ2v) is 5.47. The van der Waals surface area contributed by atoms with Gasteiger partial charge in [0.25, 0.3) is 5.91 Å². The fourth-order valence-electron chi connectivity index (χ4n) is 1.83.